The first-order valence-electron chi connectivity index (χ1n) is 8.32. The highest BCUT2D eigenvalue weighted by atomic mass is 19.1. The highest BCUT2D eigenvalue weighted by molar-refractivity contribution is 5.92. The summed E-state index contributed by atoms with van der Waals surface area (Å²) >= 11 is 0. The average Bonchev–Trinajstić information content (AvgIpc) is 2.52. The van der Waals surface area contributed by atoms with Crippen LogP contribution in [-0.4, -0.2) is 12.5 Å². The first kappa shape index (κ1) is 18.1. The molecule has 4 heteroatoms. The molecule has 3 N–H and O–H groups in total. The molecule has 0 saturated carbocycles. The lowest BCUT2D eigenvalue weighted by Gasteiger charge is -2.19. The zero-order chi connectivity index (χ0) is 17.7. The average molecular weight is 329 g/mol. The normalized spacial score (nSPS) is 12.2. The Balaban J connectivity index is 2.00. The number of nitrogens with one attached hydrogen (secondary N) is 1. The topological polar surface area (TPSA) is 45.7 Å². The predicted molar refractivity (Wildman–Crippen MR) is 95.3 cm³/mol. The molecule has 3 nitrogen and oxygen atoms in total. The maximum Gasteiger partial charge on any atom is 0.279 e. The van der Waals surface area contributed by atoms with Crippen molar-refractivity contribution in [1.29, 1.82) is 0 Å². The molecule has 0 aliphatic carbocycles. The maximum absolute atomic E-state index is 13.1. The van der Waals surface area contributed by atoms with E-state index in [1.165, 1.54) is 12.1 Å². The Morgan fingerprint density at radius 1 is 1.12 bits per heavy atom. The summed E-state index contributed by atoms with van der Waals surface area (Å²) in [4.78, 5) is 12.3. The van der Waals surface area contributed by atoms with Gasteiger partial charge in [0, 0.05) is 17.2 Å². The first-order chi connectivity index (χ1) is 11.4. The van der Waals surface area contributed by atoms with Crippen molar-refractivity contribution in [2.75, 3.05) is 11.9 Å². The Hall–Kier alpha value is -2.20. The molecular formula is C20H26FN2O+. The number of benzene rings is 2. The summed E-state index contributed by atoms with van der Waals surface area (Å²) in [6.07, 6.45) is 0. The molecule has 0 saturated heterocycles. The minimum Gasteiger partial charge on any atom is -0.332 e. The fraction of sp³-hybridized carbons (Fsp3) is 0.350. The standard InChI is InChI=1S/C20H25FN2O/c1-13(2)20(16-7-9-17(21)10-8-16)22-12-19(24)23-18-11-14(3)5-6-15(18)4/h5-11,13,20,22H,12H2,1-4H3,(H,23,24)/p+1/t20-/m1/s1. The molecule has 0 aliphatic heterocycles. The molecule has 24 heavy (non-hydrogen) atoms. The van der Waals surface area contributed by atoms with Crippen LogP contribution in [0.1, 0.15) is 36.6 Å². The van der Waals surface area contributed by atoms with Gasteiger partial charge in [-0.2, -0.15) is 0 Å². The van der Waals surface area contributed by atoms with Crippen LogP contribution in [-0.2, 0) is 4.79 Å². The van der Waals surface area contributed by atoms with Gasteiger partial charge in [-0.25, -0.2) is 4.39 Å². The van der Waals surface area contributed by atoms with E-state index in [-0.39, 0.29) is 17.8 Å². The molecule has 1 amide bonds. The number of nitrogens with two attached hydrogens (primary N) is 1. The molecule has 0 aliphatic rings. The van der Waals surface area contributed by atoms with Gasteiger partial charge in [0.15, 0.2) is 6.54 Å². The van der Waals surface area contributed by atoms with E-state index in [1.807, 2.05) is 37.4 Å². The number of hydrogen-bond acceptors (Lipinski definition) is 1. The van der Waals surface area contributed by atoms with Gasteiger partial charge in [0.25, 0.3) is 5.91 Å². The van der Waals surface area contributed by atoms with Gasteiger partial charge in [0.1, 0.15) is 11.9 Å². The summed E-state index contributed by atoms with van der Waals surface area (Å²) in [6, 6.07) is 12.6. The van der Waals surface area contributed by atoms with E-state index in [1.54, 1.807) is 12.1 Å². The Morgan fingerprint density at radius 2 is 1.79 bits per heavy atom. The third-order valence-electron chi connectivity index (χ3n) is 4.20. The van der Waals surface area contributed by atoms with Crippen molar-refractivity contribution in [3.05, 3.63) is 65.0 Å². The van der Waals surface area contributed by atoms with Crippen LogP contribution in [0, 0.1) is 25.6 Å². The molecule has 2 aromatic carbocycles. The quantitative estimate of drug-likeness (QED) is 0.839. The second-order valence-corrected chi connectivity index (χ2v) is 6.63. The molecule has 128 valence electrons. The van der Waals surface area contributed by atoms with Crippen LogP contribution >= 0.6 is 0 Å². The molecule has 2 aromatic rings. The number of aryl methyl sites for hydroxylation is 2. The summed E-state index contributed by atoms with van der Waals surface area (Å²) in [5.41, 5.74) is 4.06. The lowest BCUT2D eigenvalue weighted by atomic mass is 9.96. The SMILES string of the molecule is Cc1ccc(C)c(NC(=O)C[NH2+][C@@H](c2ccc(F)cc2)C(C)C)c1. The van der Waals surface area contributed by atoms with Crippen LogP contribution in [0.15, 0.2) is 42.5 Å². The lowest BCUT2D eigenvalue weighted by molar-refractivity contribution is -0.692. The van der Waals surface area contributed by atoms with E-state index in [4.69, 9.17) is 0 Å². The summed E-state index contributed by atoms with van der Waals surface area (Å²) in [7, 11) is 0. The van der Waals surface area contributed by atoms with Crippen LogP contribution in [0.2, 0.25) is 0 Å². The number of carbonyl (C=O) groups is 1. The Kier molecular flexibility index (Phi) is 6.10. The molecule has 1 atom stereocenters. The Bertz CT molecular complexity index is 695. The van der Waals surface area contributed by atoms with E-state index in [2.05, 4.69) is 19.2 Å². The second kappa shape index (κ2) is 8.06. The molecule has 0 bridgehead atoms. The van der Waals surface area contributed by atoms with Crippen molar-refractivity contribution in [2.24, 2.45) is 5.92 Å². The maximum atomic E-state index is 13.1. The minimum absolute atomic E-state index is 0.0311. The number of quaternary nitrogens is 1. The molecular weight excluding hydrogens is 303 g/mol. The molecule has 2 rings (SSSR count). The first-order valence-corrected chi connectivity index (χ1v) is 8.32. The summed E-state index contributed by atoms with van der Waals surface area (Å²) < 4.78 is 13.1. The molecule has 0 heterocycles. The zero-order valence-corrected chi connectivity index (χ0v) is 14.8. The third kappa shape index (κ3) is 4.90. The van der Waals surface area contributed by atoms with Crippen molar-refractivity contribution in [3.63, 3.8) is 0 Å². The fourth-order valence-electron chi connectivity index (χ4n) is 2.78. The second-order valence-electron chi connectivity index (χ2n) is 6.63. The van der Waals surface area contributed by atoms with Gasteiger partial charge >= 0.3 is 0 Å². The van der Waals surface area contributed by atoms with Crippen LogP contribution in [0.3, 0.4) is 0 Å². The van der Waals surface area contributed by atoms with Crippen molar-refractivity contribution in [3.8, 4) is 0 Å². The lowest BCUT2D eigenvalue weighted by Crippen LogP contribution is -2.88. The van der Waals surface area contributed by atoms with Gasteiger partial charge in [-0.15, -0.1) is 0 Å². The number of rotatable bonds is 6. The highest BCUT2D eigenvalue weighted by Crippen LogP contribution is 2.18. The number of carbonyl (C=O) groups excluding carboxylic acids is 1. The highest BCUT2D eigenvalue weighted by Gasteiger charge is 2.20. The Morgan fingerprint density at radius 3 is 2.42 bits per heavy atom. The summed E-state index contributed by atoms with van der Waals surface area (Å²) in [5.74, 6) is 0.0642. The van der Waals surface area contributed by atoms with E-state index < -0.39 is 0 Å². The largest absolute Gasteiger partial charge is 0.332 e. The van der Waals surface area contributed by atoms with Crippen molar-refractivity contribution < 1.29 is 14.5 Å². The minimum atomic E-state index is -0.242. The molecule has 0 aromatic heterocycles. The summed E-state index contributed by atoms with van der Waals surface area (Å²) in [5, 5.41) is 4.99. The van der Waals surface area contributed by atoms with Crippen molar-refractivity contribution in [1.82, 2.24) is 0 Å². The predicted octanol–water partition coefficient (Wildman–Crippen LogP) is 3.34. The zero-order valence-electron chi connectivity index (χ0n) is 14.8. The van der Waals surface area contributed by atoms with Gasteiger partial charge in [-0.1, -0.05) is 38.1 Å². The molecule has 0 unspecified atom stereocenters. The number of halogens is 1. The van der Waals surface area contributed by atoms with Gasteiger partial charge in [0.05, 0.1) is 0 Å². The van der Waals surface area contributed by atoms with Gasteiger partial charge < -0.3 is 10.6 Å². The smallest absolute Gasteiger partial charge is 0.279 e. The number of hydrogen-bond donors (Lipinski definition) is 2. The van der Waals surface area contributed by atoms with Gasteiger partial charge in [-0.3, -0.25) is 4.79 Å². The van der Waals surface area contributed by atoms with E-state index in [0.717, 1.165) is 22.4 Å². The molecule has 0 fully saturated rings. The van der Waals surface area contributed by atoms with E-state index >= 15 is 0 Å². The fourth-order valence-corrected chi connectivity index (χ4v) is 2.78. The van der Waals surface area contributed by atoms with E-state index in [0.29, 0.717) is 12.5 Å². The molecule has 0 spiro atoms. The van der Waals surface area contributed by atoms with E-state index in [9.17, 15) is 9.18 Å². The number of anilines is 1. The Labute approximate surface area is 143 Å². The van der Waals surface area contributed by atoms with Crippen LogP contribution < -0.4 is 10.6 Å². The number of amides is 1. The van der Waals surface area contributed by atoms with Crippen LogP contribution in [0.4, 0.5) is 10.1 Å². The van der Waals surface area contributed by atoms with Crippen molar-refractivity contribution >= 4 is 11.6 Å². The molecule has 0 radical (unpaired) electrons. The van der Waals surface area contributed by atoms with Crippen LogP contribution in [0.5, 0.6) is 0 Å². The van der Waals surface area contributed by atoms with Crippen LogP contribution in [0.25, 0.3) is 0 Å². The van der Waals surface area contributed by atoms with Gasteiger partial charge in [-0.05, 0) is 43.2 Å². The van der Waals surface area contributed by atoms with Crippen molar-refractivity contribution in [2.45, 2.75) is 33.7 Å². The van der Waals surface area contributed by atoms with Gasteiger partial charge in [0.2, 0.25) is 0 Å². The monoisotopic (exact) mass is 329 g/mol. The summed E-state index contributed by atoms with van der Waals surface area (Å²) in [6.45, 7) is 8.52. The third-order valence-corrected chi connectivity index (χ3v) is 4.20.